The molecular weight excluding hydrogens is 251 g/mol. The third-order valence-corrected chi connectivity index (χ3v) is 3.02. The van der Waals surface area contributed by atoms with E-state index in [2.05, 4.69) is 10.6 Å². The molecule has 0 fully saturated rings. The minimum Gasteiger partial charge on any atom is -0.480 e. The first-order valence-corrected chi connectivity index (χ1v) is 5.87. The Hall–Kier alpha value is -2.11. The van der Waals surface area contributed by atoms with Crippen LogP contribution in [0.25, 0.3) is 0 Å². The van der Waals surface area contributed by atoms with Crippen LogP contribution in [-0.4, -0.2) is 22.6 Å². The van der Waals surface area contributed by atoms with Crippen LogP contribution in [0.15, 0.2) is 18.2 Å². The molecule has 5 nitrogen and oxygen atoms in total. The van der Waals surface area contributed by atoms with Gasteiger partial charge in [-0.15, -0.1) is 0 Å². The van der Waals surface area contributed by atoms with Crippen molar-refractivity contribution >= 4 is 17.7 Å². The third kappa shape index (κ3) is 3.67. The molecule has 19 heavy (non-hydrogen) atoms. The summed E-state index contributed by atoms with van der Waals surface area (Å²) >= 11 is 0. The second-order valence-corrected chi connectivity index (χ2v) is 4.53. The molecule has 104 valence electrons. The number of carboxylic acids is 1. The zero-order valence-corrected chi connectivity index (χ0v) is 11.1. The normalized spacial score (nSPS) is 13.5. The molecule has 3 N–H and O–H groups in total. The molecule has 0 aromatic heterocycles. The lowest BCUT2D eigenvalue weighted by Crippen LogP contribution is -2.53. The topological polar surface area (TPSA) is 78.4 Å². The molecule has 2 amide bonds. The number of hydrogen-bond acceptors (Lipinski definition) is 2. The Morgan fingerprint density at radius 2 is 2.05 bits per heavy atom. The Kier molecular flexibility index (Phi) is 4.47. The van der Waals surface area contributed by atoms with Gasteiger partial charge in [0.25, 0.3) is 0 Å². The molecule has 0 aliphatic carbocycles. The maximum atomic E-state index is 13.1. The molecule has 1 aromatic rings. The summed E-state index contributed by atoms with van der Waals surface area (Å²) in [6.45, 7) is 4.78. The van der Waals surface area contributed by atoms with E-state index in [1.54, 1.807) is 13.8 Å². The van der Waals surface area contributed by atoms with Gasteiger partial charge in [-0.3, -0.25) is 0 Å². The summed E-state index contributed by atoms with van der Waals surface area (Å²) in [5.41, 5.74) is -0.364. The van der Waals surface area contributed by atoms with Gasteiger partial charge in [0.15, 0.2) is 0 Å². The standard InChI is InChI=1S/C13H17FN2O3/c1-4-13(3,11(17)18)16-12(19)15-10-7-9(14)6-5-8(10)2/h5-7H,4H2,1-3H3,(H,17,18)(H2,15,16,19). The first-order valence-electron chi connectivity index (χ1n) is 5.87. The van der Waals surface area contributed by atoms with Crippen molar-refractivity contribution in [2.45, 2.75) is 32.7 Å². The predicted molar refractivity (Wildman–Crippen MR) is 69.6 cm³/mol. The van der Waals surface area contributed by atoms with E-state index in [4.69, 9.17) is 5.11 Å². The third-order valence-electron chi connectivity index (χ3n) is 3.02. The Balaban J connectivity index is 2.80. The van der Waals surface area contributed by atoms with Crippen LogP contribution >= 0.6 is 0 Å². The summed E-state index contributed by atoms with van der Waals surface area (Å²) in [6.07, 6.45) is 0.234. The number of anilines is 1. The fourth-order valence-electron chi connectivity index (χ4n) is 1.43. The lowest BCUT2D eigenvalue weighted by atomic mass is 10.00. The van der Waals surface area contributed by atoms with Crippen molar-refractivity contribution < 1.29 is 19.1 Å². The highest BCUT2D eigenvalue weighted by Crippen LogP contribution is 2.16. The van der Waals surface area contributed by atoms with Crippen molar-refractivity contribution in [1.82, 2.24) is 5.32 Å². The van der Waals surface area contributed by atoms with Crippen LogP contribution < -0.4 is 10.6 Å². The summed E-state index contributed by atoms with van der Waals surface area (Å²) < 4.78 is 13.1. The van der Waals surface area contributed by atoms with Crippen LogP contribution in [0.2, 0.25) is 0 Å². The van der Waals surface area contributed by atoms with E-state index in [0.717, 1.165) is 0 Å². The summed E-state index contributed by atoms with van der Waals surface area (Å²) in [5, 5.41) is 13.9. The lowest BCUT2D eigenvalue weighted by molar-refractivity contribution is -0.143. The van der Waals surface area contributed by atoms with Gasteiger partial charge in [-0.25, -0.2) is 14.0 Å². The Labute approximate surface area is 110 Å². The maximum absolute atomic E-state index is 13.1. The zero-order valence-electron chi connectivity index (χ0n) is 11.1. The zero-order chi connectivity index (χ0) is 14.6. The molecule has 0 aliphatic rings. The van der Waals surface area contributed by atoms with Crippen molar-refractivity contribution in [3.05, 3.63) is 29.6 Å². The number of halogens is 1. The number of carbonyl (C=O) groups excluding carboxylic acids is 1. The van der Waals surface area contributed by atoms with Gasteiger partial charge in [0.1, 0.15) is 11.4 Å². The molecule has 0 radical (unpaired) electrons. The number of hydrogen-bond donors (Lipinski definition) is 3. The van der Waals surface area contributed by atoms with E-state index < -0.39 is 23.4 Å². The molecule has 6 heteroatoms. The van der Waals surface area contributed by atoms with E-state index in [-0.39, 0.29) is 6.42 Å². The number of urea groups is 1. The Morgan fingerprint density at radius 1 is 1.42 bits per heavy atom. The van der Waals surface area contributed by atoms with Gasteiger partial charge in [-0.2, -0.15) is 0 Å². The van der Waals surface area contributed by atoms with Crippen LogP contribution in [0.3, 0.4) is 0 Å². The van der Waals surface area contributed by atoms with Crippen LogP contribution in [0.4, 0.5) is 14.9 Å². The molecule has 0 spiro atoms. The summed E-state index contributed by atoms with van der Waals surface area (Å²) in [7, 11) is 0. The minimum atomic E-state index is -1.36. The largest absolute Gasteiger partial charge is 0.480 e. The minimum absolute atomic E-state index is 0.234. The Morgan fingerprint density at radius 3 is 2.58 bits per heavy atom. The van der Waals surface area contributed by atoms with Crippen LogP contribution in [0.5, 0.6) is 0 Å². The first kappa shape index (κ1) is 14.9. The number of carbonyl (C=O) groups is 2. The maximum Gasteiger partial charge on any atom is 0.329 e. The van der Waals surface area contributed by atoms with E-state index in [1.165, 1.54) is 25.1 Å². The molecule has 1 rings (SSSR count). The SMILES string of the molecule is CCC(C)(NC(=O)Nc1cc(F)ccc1C)C(=O)O. The van der Waals surface area contributed by atoms with Crippen molar-refractivity contribution in [3.8, 4) is 0 Å². The molecule has 1 atom stereocenters. The number of nitrogens with one attached hydrogen (secondary N) is 2. The van der Waals surface area contributed by atoms with Crippen LogP contribution in [0.1, 0.15) is 25.8 Å². The van der Waals surface area contributed by atoms with Crippen molar-refractivity contribution in [2.24, 2.45) is 0 Å². The van der Waals surface area contributed by atoms with Crippen LogP contribution in [0, 0.1) is 12.7 Å². The molecule has 0 heterocycles. The smallest absolute Gasteiger partial charge is 0.329 e. The highest BCUT2D eigenvalue weighted by molar-refractivity contribution is 5.94. The van der Waals surface area contributed by atoms with E-state index in [9.17, 15) is 14.0 Å². The average Bonchev–Trinajstić information content (AvgIpc) is 2.33. The average molecular weight is 268 g/mol. The quantitative estimate of drug-likeness (QED) is 0.785. The van der Waals surface area contributed by atoms with Gasteiger partial charge < -0.3 is 15.7 Å². The van der Waals surface area contributed by atoms with Crippen LogP contribution in [-0.2, 0) is 4.79 Å². The molecule has 0 saturated carbocycles. The fourth-order valence-corrected chi connectivity index (χ4v) is 1.43. The highest BCUT2D eigenvalue weighted by atomic mass is 19.1. The lowest BCUT2D eigenvalue weighted by Gasteiger charge is -2.24. The van der Waals surface area contributed by atoms with Gasteiger partial charge in [0.05, 0.1) is 0 Å². The second kappa shape index (κ2) is 5.69. The van der Waals surface area contributed by atoms with Gasteiger partial charge in [0, 0.05) is 5.69 Å². The highest BCUT2D eigenvalue weighted by Gasteiger charge is 2.32. The van der Waals surface area contributed by atoms with Crippen molar-refractivity contribution in [1.29, 1.82) is 0 Å². The molecule has 0 aliphatic heterocycles. The van der Waals surface area contributed by atoms with E-state index >= 15 is 0 Å². The summed E-state index contributed by atoms with van der Waals surface area (Å²) in [6, 6.07) is 3.31. The molecule has 1 unspecified atom stereocenters. The van der Waals surface area contributed by atoms with Gasteiger partial charge in [-0.1, -0.05) is 13.0 Å². The molecule has 0 bridgehead atoms. The van der Waals surface area contributed by atoms with Gasteiger partial charge in [0.2, 0.25) is 0 Å². The first-order chi connectivity index (χ1) is 8.78. The number of amides is 2. The van der Waals surface area contributed by atoms with E-state index in [1.807, 2.05) is 0 Å². The Bertz CT molecular complexity index is 505. The van der Waals surface area contributed by atoms with Crippen molar-refractivity contribution in [2.75, 3.05) is 5.32 Å². The van der Waals surface area contributed by atoms with Gasteiger partial charge >= 0.3 is 12.0 Å². The molecule has 1 aromatic carbocycles. The fraction of sp³-hybridized carbons (Fsp3) is 0.385. The monoisotopic (exact) mass is 268 g/mol. The molecular formula is C13H17FN2O3. The number of aryl methyl sites for hydroxylation is 1. The second-order valence-electron chi connectivity index (χ2n) is 4.53. The van der Waals surface area contributed by atoms with Gasteiger partial charge in [-0.05, 0) is 38.0 Å². The van der Waals surface area contributed by atoms with Crippen molar-refractivity contribution in [3.63, 3.8) is 0 Å². The van der Waals surface area contributed by atoms with E-state index in [0.29, 0.717) is 11.3 Å². The number of carboxylic acid groups (broad SMARTS) is 1. The number of benzene rings is 1. The molecule has 0 saturated heterocycles. The number of aliphatic carboxylic acids is 1. The number of rotatable bonds is 4. The predicted octanol–water partition coefficient (Wildman–Crippen LogP) is 2.51. The summed E-state index contributed by atoms with van der Waals surface area (Å²) in [5.74, 6) is -1.60. The summed E-state index contributed by atoms with van der Waals surface area (Å²) in [4.78, 5) is 22.8.